The molecule has 53 heavy (non-hydrogen) atoms. The summed E-state index contributed by atoms with van der Waals surface area (Å²) in [6.07, 6.45) is 11.6. The fraction of sp³-hybridized carbons (Fsp3) is 0.452. The van der Waals surface area contributed by atoms with Gasteiger partial charge in [-0.15, -0.1) is 0 Å². The number of benzene rings is 2. The molecule has 0 aliphatic carbocycles. The molecule has 5 rings (SSSR count). The van der Waals surface area contributed by atoms with Gasteiger partial charge in [0.25, 0.3) is 11.8 Å². The number of aromatic nitrogens is 3. The fourth-order valence-corrected chi connectivity index (χ4v) is 7.03. The van der Waals surface area contributed by atoms with Gasteiger partial charge in [-0.1, -0.05) is 63.1 Å². The summed E-state index contributed by atoms with van der Waals surface area (Å²) in [5.41, 5.74) is 4.02. The number of carbonyl (C=O) groups is 3. The number of nitrogens with zero attached hydrogens (tertiary/aromatic N) is 6. The summed E-state index contributed by atoms with van der Waals surface area (Å²) in [7, 11) is 3.83. The summed E-state index contributed by atoms with van der Waals surface area (Å²) < 4.78 is 16.8. The quantitative estimate of drug-likeness (QED) is 0.105. The first-order chi connectivity index (χ1) is 25.6. The van der Waals surface area contributed by atoms with Crippen molar-refractivity contribution in [3.63, 3.8) is 0 Å². The maximum atomic E-state index is 14.7. The molecule has 3 amide bonds. The number of unbranched alkanes of at least 4 members (excludes halogenated alkanes) is 1. The lowest BCUT2D eigenvalue weighted by Crippen LogP contribution is -2.40. The predicted molar refractivity (Wildman–Crippen MR) is 208 cm³/mol. The van der Waals surface area contributed by atoms with E-state index in [1.807, 2.05) is 38.2 Å². The van der Waals surface area contributed by atoms with Gasteiger partial charge in [0.2, 0.25) is 6.41 Å². The van der Waals surface area contributed by atoms with E-state index < -0.39 is 11.7 Å². The zero-order valence-corrected chi connectivity index (χ0v) is 31.9. The molecule has 0 spiro atoms. The number of imidazole rings is 1. The summed E-state index contributed by atoms with van der Waals surface area (Å²) >= 11 is 0. The van der Waals surface area contributed by atoms with Gasteiger partial charge in [-0.2, -0.15) is 0 Å². The molecule has 282 valence electrons. The molecule has 0 radical (unpaired) electrons. The lowest BCUT2D eigenvalue weighted by atomic mass is 10.0. The van der Waals surface area contributed by atoms with Gasteiger partial charge in [0.05, 0.1) is 17.4 Å². The fourth-order valence-electron chi connectivity index (χ4n) is 7.03. The van der Waals surface area contributed by atoms with E-state index in [2.05, 4.69) is 63.0 Å². The molecule has 11 heteroatoms. The van der Waals surface area contributed by atoms with Gasteiger partial charge < -0.3 is 19.7 Å². The average molecular weight is 724 g/mol. The van der Waals surface area contributed by atoms with Crippen LogP contribution in [0.5, 0.6) is 0 Å². The highest BCUT2D eigenvalue weighted by atomic mass is 19.1. The van der Waals surface area contributed by atoms with Gasteiger partial charge in [-0.05, 0) is 93.9 Å². The van der Waals surface area contributed by atoms with Crippen LogP contribution < -0.4 is 10.2 Å². The van der Waals surface area contributed by atoms with Gasteiger partial charge in [0.1, 0.15) is 17.3 Å². The molecular formula is C42H54FN7O3. The van der Waals surface area contributed by atoms with Crippen molar-refractivity contribution in [3.8, 4) is 11.1 Å². The van der Waals surface area contributed by atoms with Crippen LogP contribution in [0.25, 0.3) is 11.1 Å². The van der Waals surface area contributed by atoms with Gasteiger partial charge in [0.15, 0.2) is 5.82 Å². The van der Waals surface area contributed by atoms with E-state index in [9.17, 15) is 18.8 Å². The Morgan fingerprint density at radius 1 is 1.00 bits per heavy atom. The number of anilines is 2. The predicted octanol–water partition coefficient (Wildman–Crippen LogP) is 7.79. The second kappa shape index (κ2) is 18.7. The highest BCUT2D eigenvalue weighted by molar-refractivity contribution is 6.03. The summed E-state index contributed by atoms with van der Waals surface area (Å²) in [5.74, 6) is -0.301. The van der Waals surface area contributed by atoms with Gasteiger partial charge in [0, 0.05) is 44.8 Å². The number of halogens is 1. The number of fused-ring (bicyclic) bond motifs is 1. The number of aryl methyl sites for hydroxylation is 2. The first kappa shape index (κ1) is 39.3. The van der Waals surface area contributed by atoms with Gasteiger partial charge in [-0.3, -0.25) is 19.3 Å². The largest absolute Gasteiger partial charge is 0.348 e. The molecule has 2 aromatic heterocycles. The van der Waals surface area contributed by atoms with Crippen LogP contribution in [0.1, 0.15) is 104 Å². The third-order valence-electron chi connectivity index (χ3n) is 10.1. The number of rotatable bonds is 18. The van der Waals surface area contributed by atoms with Crippen LogP contribution in [0.4, 0.5) is 15.9 Å². The monoisotopic (exact) mass is 723 g/mol. The Kier molecular flexibility index (Phi) is 13.9. The van der Waals surface area contributed by atoms with Crippen molar-refractivity contribution in [2.24, 2.45) is 0 Å². The third kappa shape index (κ3) is 10.2. The molecule has 0 bridgehead atoms. The molecule has 1 aliphatic rings. The second-order valence-electron chi connectivity index (χ2n) is 14.3. The topological polar surface area (TPSA) is 104 Å². The Hall–Kier alpha value is -4.90. The molecule has 1 N–H and O–H groups in total. The molecule has 1 aliphatic heterocycles. The van der Waals surface area contributed by atoms with Crippen molar-refractivity contribution < 1.29 is 18.8 Å². The van der Waals surface area contributed by atoms with E-state index in [1.54, 1.807) is 18.0 Å². The summed E-state index contributed by atoms with van der Waals surface area (Å²) in [6, 6.07) is 16.6. The molecule has 2 atom stereocenters. The van der Waals surface area contributed by atoms with Crippen LogP contribution in [0.2, 0.25) is 0 Å². The average Bonchev–Trinajstić information content (AvgIpc) is 3.61. The van der Waals surface area contributed by atoms with Crippen LogP contribution in [-0.2, 0) is 24.3 Å². The van der Waals surface area contributed by atoms with E-state index in [4.69, 9.17) is 0 Å². The summed E-state index contributed by atoms with van der Waals surface area (Å²) in [6.45, 7) is 8.99. The third-order valence-corrected chi connectivity index (χ3v) is 10.1. The molecular weight excluding hydrogens is 670 g/mol. The summed E-state index contributed by atoms with van der Waals surface area (Å²) in [4.78, 5) is 53.9. The highest BCUT2D eigenvalue weighted by Crippen LogP contribution is 2.31. The minimum atomic E-state index is -0.671. The van der Waals surface area contributed by atoms with Crippen molar-refractivity contribution in [2.75, 3.05) is 25.5 Å². The maximum Gasteiger partial charge on any atom is 0.271 e. The lowest BCUT2D eigenvalue weighted by molar-refractivity contribution is -0.106. The number of hydrogen-bond acceptors (Lipinski definition) is 6. The van der Waals surface area contributed by atoms with Crippen LogP contribution in [-0.4, -0.2) is 75.3 Å². The first-order valence-corrected chi connectivity index (χ1v) is 19.0. The molecule has 4 aromatic rings. The standard InChI is InChI=1S/C42H54FN7O3/c1-6-8-22-47(4)27-31-17-19-32(20-18-31)33-13-11-14-36(24-33)50(29-51)40-37(25-34(43)26-44-40)42(53)48(5)35(12-7-2)21-16-30(3)45-41(52)38-28-49-23-10-9-15-39(49)46-38/h11,13-14,17-20,24-26,28-30,35H,6-10,12,15-16,21-23,27H2,1-5H3,(H,45,52). The Morgan fingerprint density at radius 3 is 2.51 bits per heavy atom. The van der Waals surface area contributed by atoms with Crippen molar-refractivity contribution in [1.29, 1.82) is 0 Å². The van der Waals surface area contributed by atoms with E-state index in [0.29, 0.717) is 37.1 Å². The maximum absolute atomic E-state index is 14.7. The number of carbonyl (C=O) groups excluding carboxylic acids is 3. The summed E-state index contributed by atoms with van der Waals surface area (Å²) in [5, 5.41) is 3.07. The Labute approximate surface area is 313 Å². The number of hydrogen-bond donors (Lipinski definition) is 1. The molecule has 2 aromatic carbocycles. The SMILES string of the molecule is CCCCN(C)Cc1ccc(-c2cccc(N(C=O)c3ncc(F)cc3C(=O)N(C)C(CCC)CCC(C)NC(=O)c3cn4c(n3)CCCC4)c2)cc1. The Bertz CT molecular complexity index is 1820. The van der Waals surface area contributed by atoms with Crippen LogP contribution in [0.15, 0.2) is 67.0 Å². The van der Waals surface area contributed by atoms with Crippen molar-refractivity contribution in [3.05, 3.63) is 95.5 Å². The smallest absolute Gasteiger partial charge is 0.271 e. The number of amides is 3. The van der Waals surface area contributed by atoms with E-state index in [1.165, 1.54) is 10.5 Å². The molecule has 0 fully saturated rings. The van der Waals surface area contributed by atoms with Crippen molar-refractivity contribution in [1.82, 2.24) is 29.7 Å². The van der Waals surface area contributed by atoms with Crippen molar-refractivity contribution >= 4 is 29.7 Å². The molecule has 3 heterocycles. The molecule has 0 saturated heterocycles. The minimum absolute atomic E-state index is 0.00671. The first-order valence-electron chi connectivity index (χ1n) is 19.0. The number of pyridine rings is 1. The molecule has 10 nitrogen and oxygen atoms in total. The van der Waals surface area contributed by atoms with Crippen molar-refractivity contribution in [2.45, 2.75) is 104 Å². The van der Waals surface area contributed by atoms with Crippen LogP contribution in [0, 0.1) is 5.82 Å². The Morgan fingerprint density at radius 2 is 1.79 bits per heavy atom. The normalized spacial score (nSPS) is 13.6. The zero-order chi connectivity index (χ0) is 37.9. The van der Waals surface area contributed by atoms with Gasteiger partial charge >= 0.3 is 0 Å². The second-order valence-corrected chi connectivity index (χ2v) is 14.3. The Balaban J connectivity index is 1.29. The number of nitrogens with one attached hydrogen (secondary N) is 1. The van der Waals surface area contributed by atoms with Gasteiger partial charge in [-0.25, -0.2) is 14.4 Å². The van der Waals surface area contributed by atoms with E-state index in [0.717, 1.165) is 87.4 Å². The molecule has 2 unspecified atom stereocenters. The minimum Gasteiger partial charge on any atom is -0.348 e. The lowest BCUT2D eigenvalue weighted by Gasteiger charge is -2.30. The van der Waals surface area contributed by atoms with E-state index >= 15 is 0 Å². The highest BCUT2D eigenvalue weighted by Gasteiger charge is 2.28. The molecule has 0 saturated carbocycles. The van der Waals surface area contributed by atoms with Crippen LogP contribution >= 0.6 is 0 Å². The van der Waals surface area contributed by atoms with Crippen LogP contribution in [0.3, 0.4) is 0 Å². The zero-order valence-electron chi connectivity index (χ0n) is 31.9. The van der Waals surface area contributed by atoms with E-state index in [-0.39, 0.29) is 29.4 Å².